The van der Waals surface area contributed by atoms with Crippen molar-refractivity contribution < 1.29 is 14.2 Å². The summed E-state index contributed by atoms with van der Waals surface area (Å²) < 4.78 is 16.6. The van der Waals surface area contributed by atoms with Gasteiger partial charge >= 0.3 is 0 Å². The summed E-state index contributed by atoms with van der Waals surface area (Å²) in [7, 11) is 1.65. The third-order valence-electron chi connectivity index (χ3n) is 2.47. The number of ether oxygens (including phenoxy) is 3. The topological polar surface area (TPSA) is 27.7 Å². The molecule has 82 valence electrons. The number of fused-ring (bicyclic) bond motifs is 1. The maximum Gasteiger partial charge on any atom is 0.205 e. The van der Waals surface area contributed by atoms with Gasteiger partial charge in [0.05, 0.1) is 13.2 Å². The highest BCUT2D eigenvalue weighted by atomic mass is 16.7. The van der Waals surface area contributed by atoms with Crippen LogP contribution < -0.4 is 9.47 Å². The average Bonchev–Trinajstić information content (AvgIpc) is 2.15. The van der Waals surface area contributed by atoms with Crippen molar-refractivity contribution in [3.63, 3.8) is 0 Å². The number of methoxy groups -OCH3 is 1. The van der Waals surface area contributed by atoms with E-state index in [1.54, 1.807) is 7.11 Å². The van der Waals surface area contributed by atoms with Gasteiger partial charge in [-0.25, -0.2) is 0 Å². The fourth-order valence-electron chi connectivity index (χ4n) is 1.84. The van der Waals surface area contributed by atoms with Crippen LogP contribution in [0.1, 0.15) is 32.4 Å². The van der Waals surface area contributed by atoms with Crippen LogP contribution in [0.25, 0.3) is 0 Å². The van der Waals surface area contributed by atoms with Crippen molar-refractivity contribution in [3.05, 3.63) is 23.8 Å². The van der Waals surface area contributed by atoms with E-state index in [9.17, 15) is 0 Å². The Kier molecular flexibility index (Phi) is 2.35. The van der Waals surface area contributed by atoms with Gasteiger partial charge in [0.2, 0.25) is 5.79 Å². The fourth-order valence-corrected chi connectivity index (χ4v) is 1.84. The van der Waals surface area contributed by atoms with Gasteiger partial charge in [-0.15, -0.1) is 0 Å². The third kappa shape index (κ3) is 1.92. The Balaban J connectivity index is 2.41. The second-order valence-corrected chi connectivity index (χ2v) is 4.17. The van der Waals surface area contributed by atoms with Crippen LogP contribution in [0.2, 0.25) is 0 Å². The molecule has 0 saturated carbocycles. The molecule has 1 aromatic rings. The molecule has 0 N–H and O–H groups in total. The predicted molar refractivity (Wildman–Crippen MR) is 57.2 cm³/mol. The van der Waals surface area contributed by atoms with Gasteiger partial charge in [-0.3, -0.25) is 0 Å². The van der Waals surface area contributed by atoms with Crippen molar-refractivity contribution in [2.45, 2.75) is 32.7 Å². The normalized spacial score (nSPS) is 22.8. The molecule has 15 heavy (non-hydrogen) atoms. The molecule has 0 amide bonds. The molecule has 3 heteroatoms. The Morgan fingerprint density at radius 3 is 2.73 bits per heavy atom. The maximum atomic E-state index is 5.72. The van der Waals surface area contributed by atoms with E-state index in [0.717, 1.165) is 17.1 Å². The van der Waals surface area contributed by atoms with Crippen molar-refractivity contribution in [1.29, 1.82) is 0 Å². The summed E-state index contributed by atoms with van der Waals surface area (Å²) in [6.07, 6.45) is 0.0267. The molecule has 1 heterocycles. The first-order valence-corrected chi connectivity index (χ1v) is 5.06. The van der Waals surface area contributed by atoms with E-state index in [-0.39, 0.29) is 6.10 Å². The predicted octanol–water partition coefficient (Wildman–Crippen LogP) is 2.90. The molecule has 1 aliphatic rings. The van der Waals surface area contributed by atoms with E-state index in [0.29, 0.717) is 0 Å². The van der Waals surface area contributed by atoms with Crippen molar-refractivity contribution in [2.75, 3.05) is 7.11 Å². The molecule has 0 fully saturated rings. The van der Waals surface area contributed by atoms with Gasteiger partial charge in [-0.2, -0.15) is 0 Å². The smallest absolute Gasteiger partial charge is 0.205 e. The minimum Gasteiger partial charge on any atom is -0.497 e. The highest BCUT2D eigenvalue weighted by Crippen LogP contribution is 2.39. The van der Waals surface area contributed by atoms with E-state index in [4.69, 9.17) is 14.2 Å². The zero-order valence-electron chi connectivity index (χ0n) is 9.53. The standard InChI is InChI=1S/C12H16O3/c1-8-10-7-9(13-4)5-6-11(10)15-12(2,3)14-8/h5-8H,1-4H3. The van der Waals surface area contributed by atoms with Crippen LogP contribution in [-0.2, 0) is 4.74 Å². The molecule has 1 unspecified atom stereocenters. The van der Waals surface area contributed by atoms with Gasteiger partial charge in [-0.05, 0) is 25.1 Å². The van der Waals surface area contributed by atoms with Gasteiger partial charge in [0.15, 0.2) is 0 Å². The molecular weight excluding hydrogens is 192 g/mol. The minimum absolute atomic E-state index is 0.0267. The molecule has 0 radical (unpaired) electrons. The summed E-state index contributed by atoms with van der Waals surface area (Å²) in [6, 6.07) is 5.77. The second-order valence-electron chi connectivity index (χ2n) is 4.17. The Hall–Kier alpha value is -1.22. The molecule has 1 atom stereocenters. The third-order valence-corrected chi connectivity index (χ3v) is 2.47. The van der Waals surface area contributed by atoms with Crippen LogP contribution in [0.3, 0.4) is 0 Å². The van der Waals surface area contributed by atoms with Crippen LogP contribution in [0.15, 0.2) is 18.2 Å². The van der Waals surface area contributed by atoms with Gasteiger partial charge < -0.3 is 14.2 Å². The number of hydrogen-bond donors (Lipinski definition) is 0. The summed E-state index contributed by atoms with van der Waals surface area (Å²) in [5, 5.41) is 0. The fraction of sp³-hybridized carbons (Fsp3) is 0.500. The zero-order chi connectivity index (χ0) is 11.1. The molecule has 3 nitrogen and oxygen atoms in total. The Morgan fingerprint density at radius 1 is 1.33 bits per heavy atom. The van der Waals surface area contributed by atoms with E-state index in [1.165, 1.54) is 0 Å². The Bertz CT molecular complexity index is 371. The SMILES string of the molecule is COc1ccc2c(c1)C(C)OC(C)(C)O2. The lowest BCUT2D eigenvalue weighted by Crippen LogP contribution is -2.36. The molecule has 2 rings (SSSR count). The molecule has 0 spiro atoms. The van der Waals surface area contributed by atoms with Gasteiger partial charge in [0.25, 0.3) is 0 Å². The van der Waals surface area contributed by atoms with Crippen molar-refractivity contribution in [2.24, 2.45) is 0 Å². The highest BCUT2D eigenvalue weighted by molar-refractivity contribution is 5.42. The number of benzene rings is 1. The lowest BCUT2D eigenvalue weighted by molar-refractivity contribution is -0.202. The van der Waals surface area contributed by atoms with Gasteiger partial charge in [0, 0.05) is 19.4 Å². The van der Waals surface area contributed by atoms with E-state index < -0.39 is 5.79 Å². The quantitative estimate of drug-likeness (QED) is 0.710. The second kappa shape index (κ2) is 3.42. The van der Waals surface area contributed by atoms with Crippen molar-refractivity contribution >= 4 is 0 Å². The number of rotatable bonds is 1. The van der Waals surface area contributed by atoms with E-state index >= 15 is 0 Å². The summed E-state index contributed by atoms with van der Waals surface area (Å²) >= 11 is 0. The first kappa shape index (κ1) is 10.3. The molecular formula is C12H16O3. The number of hydrogen-bond acceptors (Lipinski definition) is 3. The molecule has 0 aromatic heterocycles. The lowest BCUT2D eigenvalue weighted by Gasteiger charge is -2.36. The first-order valence-electron chi connectivity index (χ1n) is 5.06. The largest absolute Gasteiger partial charge is 0.497 e. The van der Waals surface area contributed by atoms with Gasteiger partial charge in [-0.1, -0.05) is 0 Å². The first-order chi connectivity index (χ1) is 7.02. The summed E-state index contributed by atoms with van der Waals surface area (Å²) in [5.74, 6) is 1.15. The van der Waals surface area contributed by atoms with Gasteiger partial charge in [0.1, 0.15) is 11.5 Å². The van der Waals surface area contributed by atoms with Crippen molar-refractivity contribution in [3.8, 4) is 11.5 Å². The van der Waals surface area contributed by atoms with Crippen LogP contribution in [-0.4, -0.2) is 12.9 Å². The van der Waals surface area contributed by atoms with E-state index in [1.807, 2.05) is 39.0 Å². The van der Waals surface area contributed by atoms with Crippen LogP contribution in [0.5, 0.6) is 11.5 Å². The Morgan fingerprint density at radius 2 is 2.07 bits per heavy atom. The molecule has 1 aliphatic heterocycles. The van der Waals surface area contributed by atoms with Crippen LogP contribution in [0, 0.1) is 0 Å². The summed E-state index contributed by atoms with van der Waals surface area (Å²) in [5.41, 5.74) is 1.04. The molecule has 0 saturated heterocycles. The monoisotopic (exact) mass is 208 g/mol. The summed E-state index contributed by atoms with van der Waals surface area (Å²) in [6.45, 7) is 5.84. The minimum atomic E-state index is -0.555. The molecule has 0 aliphatic carbocycles. The molecule has 0 bridgehead atoms. The van der Waals surface area contributed by atoms with Crippen LogP contribution in [0.4, 0.5) is 0 Å². The average molecular weight is 208 g/mol. The zero-order valence-corrected chi connectivity index (χ0v) is 9.53. The highest BCUT2D eigenvalue weighted by Gasteiger charge is 2.32. The van der Waals surface area contributed by atoms with Crippen LogP contribution >= 0.6 is 0 Å². The maximum absolute atomic E-state index is 5.72. The van der Waals surface area contributed by atoms with E-state index in [2.05, 4.69) is 0 Å². The summed E-state index contributed by atoms with van der Waals surface area (Å²) in [4.78, 5) is 0. The van der Waals surface area contributed by atoms with Crippen molar-refractivity contribution in [1.82, 2.24) is 0 Å². The molecule has 1 aromatic carbocycles. The lowest BCUT2D eigenvalue weighted by atomic mass is 10.1. The Labute approximate surface area is 90.0 Å².